The van der Waals surface area contributed by atoms with Crippen molar-refractivity contribution in [3.8, 4) is 0 Å². The lowest BCUT2D eigenvalue weighted by atomic mass is 10.1. The predicted molar refractivity (Wildman–Crippen MR) is 70.8 cm³/mol. The van der Waals surface area contributed by atoms with Gasteiger partial charge in [-0.3, -0.25) is 4.79 Å². The molecule has 2 aliphatic rings. The van der Waals surface area contributed by atoms with Crippen LogP contribution in [0.2, 0.25) is 0 Å². The molecule has 2 aromatic rings. The lowest BCUT2D eigenvalue weighted by Crippen LogP contribution is -2.42. The number of nitrogens with zero attached hydrogens (tertiary/aromatic N) is 1. The van der Waals surface area contributed by atoms with Gasteiger partial charge >= 0.3 is 0 Å². The van der Waals surface area contributed by atoms with E-state index in [0.717, 1.165) is 36.6 Å². The summed E-state index contributed by atoms with van der Waals surface area (Å²) in [7, 11) is 0. The molecular formula is C15H16N2O. The van der Waals surface area contributed by atoms with Crippen LogP contribution in [-0.2, 0) is 0 Å². The summed E-state index contributed by atoms with van der Waals surface area (Å²) in [5, 5.41) is 1.24. The van der Waals surface area contributed by atoms with Crippen LogP contribution in [0.4, 0.5) is 0 Å². The summed E-state index contributed by atoms with van der Waals surface area (Å²) in [6.45, 7) is 1.81. The first-order valence-corrected chi connectivity index (χ1v) is 6.74. The molecule has 1 aromatic heterocycles. The highest BCUT2D eigenvalue weighted by atomic mass is 16.2. The van der Waals surface area contributed by atoms with Gasteiger partial charge in [0.05, 0.1) is 0 Å². The molecule has 3 heteroatoms. The largest absolute Gasteiger partial charge is 0.351 e. The summed E-state index contributed by atoms with van der Waals surface area (Å²) >= 11 is 0. The minimum atomic E-state index is 0.152. The van der Waals surface area contributed by atoms with E-state index in [4.69, 9.17) is 0 Å². The number of rotatable bonds is 2. The summed E-state index contributed by atoms with van der Waals surface area (Å²) in [6, 6.07) is 8.40. The molecular weight excluding hydrogens is 224 g/mol. The number of likely N-dealkylation sites (tertiary alicyclic amines) is 1. The number of carbonyl (C=O) groups is 1. The zero-order valence-electron chi connectivity index (χ0n) is 10.3. The number of amides is 1. The molecule has 2 fully saturated rings. The molecule has 1 amide bonds. The van der Waals surface area contributed by atoms with E-state index < -0.39 is 0 Å². The van der Waals surface area contributed by atoms with Gasteiger partial charge in [0, 0.05) is 24.0 Å². The van der Waals surface area contributed by atoms with E-state index >= 15 is 0 Å². The highest BCUT2D eigenvalue weighted by Crippen LogP contribution is 2.43. The molecule has 2 heterocycles. The Morgan fingerprint density at radius 1 is 1.28 bits per heavy atom. The zero-order valence-corrected chi connectivity index (χ0v) is 10.3. The molecule has 0 bridgehead atoms. The van der Waals surface area contributed by atoms with Crippen LogP contribution in [0.5, 0.6) is 0 Å². The van der Waals surface area contributed by atoms with Gasteiger partial charge in [0.2, 0.25) is 0 Å². The van der Waals surface area contributed by atoms with E-state index in [0.29, 0.717) is 0 Å². The maximum atomic E-state index is 12.2. The van der Waals surface area contributed by atoms with Gasteiger partial charge in [-0.05, 0) is 42.9 Å². The molecule has 1 N–H and O–H groups in total. The highest BCUT2D eigenvalue weighted by molar-refractivity contribution is 5.99. The first kappa shape index (κ1) is 10.2. The fourth-order valence-electron chi connectivity index (χ4n) is 2.73. The maximum Gasteiger partial charge on any atom is 0.270 e. The average Bonchev–Trinajstić information content (AvgIpc) is 3.04. The molecule has 1 aliphatic carbocycles. The van der Waals surface area contributed by atoms with Gasteiger partial charge in [-0.25, -0.2) is 0 Å². The smallest absolute Gasteiger partial charge is 0.270 e. The number of nitrogens with one attached hydrogen (secondary N) is 1. The second kappa shape index (κ2) is 3.61. The summed E-state index contributed by atoms with van der Waals surface area (Å²) in [5.74, 6) is 0.871. The second-order valence-corrected chi connectivity index (χ2v) is 5.41. The van der Waals surface area contributed by atoms with Crippen molar-refractivity contribution in [3.63, 3.8) is 0 Å². The minimum absolute atomic E-state index is 0.152. The van der Waals surface area contributed by atoms with Crippen molar-refractivity contribution in [1.82, 2.24) is 9.88 Å². The molecule has 1 saturated carbocycles. The van der Waals surface area contributed by atoms with Crippen molar-refractivity contribution in [2.75, 3.05) is 13.1 Å². The topological polar surface area (TPSA) is 36.1 Å². The molecule has 1 aliphatic heterocycles. The Bertz CT molecular complexity index is 620. The summed E-state index contributed by atoms with van der Waals surface area (Å²) in [4.78, 5) is 17.4. The third kappa shape index (κ3) is 1.47. The number of H-pyrrole nitrogens is 1. The Hall–Kier alpha value is -1.77. The SMILES string of the molecule is O=C(c1cc2c(C3CC3)cccc2[nH]1)N1CCC1. The van der Waals surface area contributed by atoms with Gasteiger partial charge in [-0.15, -0.1) is 0 Å². The van der Waals surface area contributed by atoms with Crippen molar-refractivity contribution in [2.45, 2.75) is 25.2 Å². The van der Waals surface area contributed by atoms with Crippen molar-refractivity contribution < 1.29 is 4.79 Å². The predicted octanol–water partition coefficient (Wildman–Crippen LogP) is 2.89. The number of hydrogen-bond donors (Lipinski definition) is 1. The van der Waals surface area contributed by atoms with E-state index in [1.807, 2.05) is 11.0 Å². The van der Waals surface area contributed by atoms with E-state index in [-0.39, 0.29) is 5.91 Å². The Kier molecular flexibility index (Phi) is 2.04. The van der Waals surface area contributed by atoms with Crippen molar-refractivity contribution in [1.29, 1.82) is 0 Å². The van der Waals surface area contributed by atoms with Crippen molar-refractivity contribution in [3.05, 3.63) is 35.5 Å². The molecule has 18 heavy (non-hydrogen) atoms. The Labute approximate surface area is 106 Å². The lowest BCUT2D eigenvalue weighted by Gasteiger charge is -2.30. The van der Waals surface area contributed by atoms with Gasteiger partial charge in [0.1, 0.15) is 5.69 Å². The lowest BCUT2D eigenvalue weighted by molar-refractivity contribution is 0.0646. The first-order chi connectivity index (χ1) is 8.83. The summed E-state index contributed by atoms with van der Waals surface area (Å²) < 4.78 is 0. The molecule has 1 saturated heterocycles. The van der Waals surface area contributed by atoms with Crippen LogP contribution in [0.1, 0.15) is 41.2 Å². The maximum absolute atomic E-state index is 12.2. The van der Waals surface area contributed by atoms with Crippen LogP contribution in [0.15, 0.2) is 24.3 Å². The highest BCUT2D eigenvalue weighted by Gasteiger charge is 2.27. The van der Waals surface area contributed by atoms with Crippen LogP contribution in [0.25, 0.3) is 10.9 Å². The third-order valence-electron chi connectivity index (χ3n) is 4.09. The van der Waals surface area contributed by atoms with Crippen LogP contribution < -0.4 is 0 Å². The minimum Gasteiger partial charge on any atom is -0.351 e. The van der Waals surface area contributed by atoms with Gasteiger partial charge in [-0.1, -0.05) is 12.1 Å². The Morgan fingerprint density at radius 2 is 2.11 bits per heavy atom. The van der Waals surface area contributed by atoms with Crippen LogP contribution in [0.3, 0.4) is 0 Å². The van der Waals surface area contributed by atoms with Crippen LogP contribution >= 0.6 is 0 Å². The molecule has 0 atom stereocenters. The number of hydrogen-bond acceptors (Lipinski definition) is 1. The van der Waals surface area contributed by atoms with Gasteiger partial charge < -0.3 is 9.88 Å². The zero-order chi connectivity index (χ0) is 12.1. The molecule has 0 radical (unpaired) electrons. The summed E-state index contributed by atoms with van der Waals surface area (Å²) in [5.41, 5.74) is 3.26. The van der Waals surface area contributed by atoms with Crippen molar-refractivity contribution in [2.24, 2.45) is 0 Å². The Balaban J connectivity index is 1.78. The Morgan fingerprint density at radius 3 is 2.78 bits per heavy atom. The first-order valence-electron chi connectivity index (χ1n) is 6.74. The van der Waals surface area contributed by atoms with Gasteiger partial charge in [-0.2, -0.15) is 0 Å². The van der Waals surface area contributed by atoms with Crippen LogP contribution in [0, 0.1) is 0 Å². The normalized spacial score (nSPS) is 19.0. The average molecular weight is 240 g/mol. The molecule has 0 unspecified atom stereocenters. The second-order valence-electron chi connectivity index (χ2n) is 5.41. The number of fused-ring (bicyclic) bond motifs is 1. The number of aromatic amines is 1. The van der Waals surface area contributed by atoms with Gasteiger partial charge in [0.15, 0.2) is 0 Å². The van der Waals surface area contributed by atoms with Crippen molar-refractivity contribution >= 4 is 16.8 Å². The van der Waals surface area contributed by atoms with E-state index in [1.165, 1.54) is 23.8 Å². The fraction of sp³-hybridized carbons (Fsp3) is 0.400. The molecule has 4 rings (SSSR count). The quantitative estimate of drug-likeness (QED) is 0.860. The standard InChI is InChI=1S/C15H16N2O/c18-15(17-7-2-8-17)14-9-12-11(10-5-6-10)3-1-4-13(12)16-14/h1,3-4,9-10,16H,2,5-8H2. The van der Waals surface area contributed by atoms with Crippen LogP contribution in [-0.4, -0.2) is 28.9 Å². The fourth-order valence-corrected chi connectivity index (χ4v) is 2.73. The number of aromatic nitrogens is 1. The van der Waals surface area contributed by atoms with E-state index in [2.05, 4.69) is 23.2 Å². The third-order valence-corrected chi connectivity index (χ3v) is 4.09. The summed E-state index contributed by atoms with van der Waals surface area (Å²) in [6.07, 6.45) is 3.72. The molecule has 1 aromatic carbocycles. The molecule has 92 valence electrons. The van der Waals surface area contributed by atoms with E-state index in [1.54, 1.807) is 0 Å². The van der Waals surface area contributed by atoms with E-state index in [9.17, 15) is 4.79 Å². The van der Waals surface area contributed by atoms with Gasteiger partial charge in [0.25, 0.3) is 5.91 Å². The number of benzene rings is 1. The molecule has 3 nitrogen and oxygen atoms in total. The molecule has 0 spiro atoms. The monoisotopic (exact) mass is 240 g/mol. The number of carbonyl (C=O) groups excluding carboxylic acids is 1.